The summed E-state index contributed by atoms with van der Waals surface area (Å²) in [6, 6.07) is 2.45. The Balaban J connectivity index is 2.23. The van der Waals surface area contributed by atoms with Gasteiger partial charge in [-0.1, -0.05) is 6.92 Å². The quantitative estimate of drug-likeness (QED) is 0.745. The largest absolute Gasteiger partial charge is 0.316 e. The number of piperidine rings is 1. The molecule has 0 amide bonds. The molecule has 1 rings (SSSR count). The van der Waals surface area contributed by atoms with Crippen molar-refractivity contribution < 1.29 is 0 Å². The topological polar surface area (TPSA) is 56.3 Å². The van der Waals surface area contributed by atoms with Crippen molar-refractivity contribution in [3.63, 3.8) is 0 Å². The molecule has 1 unspecified atom stereocenters. The molecular formula is C12H24N4. The zero-order valence-corrected chi connectivity index (χ0v) is 10.5. The van der Waals surface area contributed by atoms with Crippen molar-refractivity contribution in [2.45, 2.75) is 38.3 Å². The van der Waals surface area contributed by atoms with E-state index in [0.717, 1.165) is 19.5 Å². The van der Waals surface area contributed by atoms with E-state index in [1.807, 2.05) is 0 Å². The Bertz CT molecular complexity index is 228. The van der Waals surface area contributed by atoms with Crippen molar-refractivity contribution in [3.8, 4) is 6.07 Å². The fourth-order valence-corrected chi connectivity index (χ4v) is 2.27. The van der Waals surface area contributed by atoms with Gasteiger partial charge in [0, 0.05) is 12.6 Å². The van der Waals surface area contributed by atoms with E-state index in [-0.39, 0.29) is 6.04 Å². The highest BCUT2D eigenvalue weighted by atomic mass is 15.2. The number of nitrogens with two attached hydrogens (primary N) is 1. The lowest BCUT2D eigenvalue weighted by Gasteiger charge is -2.36. The summed E-state index contributed by atoms with van der Waals surface area (Å²) >= 11 is 0. The molecule has 0 radical (unpaired) electrons. The van der Waals surface area contributed by atoms with Gasteiger partial charge < -0.3 is 15.5 Å². The van der Waals surface area contributed by atoms with Gasteiger partial charge in [-0.05, 0) is 45.9 Å². The fraction of sp³-hybridized carbons (Fsp3) is 0.917. The Morgan fingerprint density at radius 3 is 2.62 bits per heavy atom. The molecule has 1 atom stereocenters. The number of likely N-dealkylation sites (tertiary alicyclic amines) is 1. The molecule has 4 nitrogen and oxygen atoms in total. The van der Waals surface area contributed by atoms with Crippen molar-refractivity contribution in [3.05, 3.63) is 0 Å². The van der Waals surface area contributed by atoms with E-state index >= 15 is 0 Å². The third-order valence-electron chi connectivity index (χ3n) is 3.59. The molecule has 1 heterocycles. The second-order valence-corrected chi connectivity index (χ2v) is 4.67. The summed E-state index contributed by atoms with van der Waals surface area (Å²) in [6.45, 7) is 6.73. The fourth-order valence-electron chi connectivity index (χ4n) is 2.27. The van der Waals surface area contributed by atoms with Crippen LogP contribution in [0.5, 0.6) is 0 Å². The summed E-state index contributed by atoms with van der Waals surface area (Å²) in [5.41, 5.74) is 5.60. The highest BCUT2D eigenvalue weighted by Crippen LogP contribution is 2.15. The first-order valence-electron chi connectivity index (χ1n) is 6.25. The van der Waals surface area contributed by atoms with E-state index in [1.165, 1.54) is 25.9 Å². The lowest BCUT2D eigenvalue weighted by Crippen LogP contribution is -2.44. The zero-order chi connectivity index (χ0) is 12.0. The molecule has 0 spiro atoms. The van der Waals surface area contributed by atoms with Gasteiger partial charge in [0.05, 0.1) is 12.1 Å². The average molecular weight is 224 g/mol. The van der Waals surface area contributed by atoms with E-state index in [1.54, 1.807) is 0 Å². The Morgan fingerprint density at radius 1 is 1.50 bits per heavy atom. The summed E-state index contributed by atoms with van der Waals surface area (Å²) < 4.78 is 0. The van der Waals surface area contributed by atoms with E-state index in [4.69, 9.17) is 11.0 Å². The maximum Gasteiger partial charge on any atom is 0.0940 e. The van der Waals surface area contributed by atoms with Crippen molar-refractivity contribution >= 4 is 0 Å². The molecule has 92 valence electrons. The molecule has 2 N–H and O–H groups in total. The molecule has 0 aliphatic carbocycles. The van der Waals surface area contributed by atoms with Crippen LogP contribution in [0.3, 0.4) is 0 Å². The highest BCUT2D eigenvalue weighted by molar-refractivity contribution is 4.87. The van der Waals surface area contributed by atoms with Crippen LogP contribution in [0.15, 0.2) is 0 Å². The molecule has 1 saturated heterocycles. The third kappa shape index (κ3) is 4.09. The molecule has 1 aliphatic heterocycles. The van der Waals surface area contributed by atoms with Crippen LogP contribution in [-0.4, -0.2) is 55.1 Å². The highest BCUT2D eigenvalue weighted by Gasteiger charge is 2.21. The van der Waals surface area contributed by atoms with E-state index in [2.05, 4.69) is 29.8 Å². The van der Waals surface area contributed by atoms with Gasteiger partial charge in [0.2, 0.25) is 0 Å². The number of rotatable bonds is 5. The van der Waals surface area contributed by atoms with Crippen molar-refractivity contribution in [2.24, 2.45) is 5.73 Å². The first-order chi connectivity index (χ1) is 7.67. The average Bonchev–Trinajstić information content (AvgIpc) is 2.35. The summed E-state index contributed by atoms with van der Waals surface area (Å²) in [5, 5.41) is 8.62. The Labute approximate surface area is 99.0 Å². The first-order valence-corrected chi connectivity index (χ1v) is 6.25. The standard InChI is InChI=1S/C12H24N4/c1-3-16-8-5-12(6-9-16)15(2)7-4-11(14)10-13/h11-12H,3-9,14H2,1-2H3. The molecule has 0 aromatic heterocycles. The van der Waals surface area contributed by atoms with Gasteiger partial charge in [0.25, 0.3) is 0 Å². The van der Waals surface area contributed by atoms with E-state index < -0.39 is 0 Å². The van der Waals surface area contributed by atoms with E-state index in [0.29, 0.717) is 6.04 Å². The summed E-state index contributed by atoms with van der Waals surface area (Å²) in [7, 11) is 2.15. The predicted octanol–water partition coefficient (Wildman–Crippen LogP) is 0.643. The number of nitriles is 1. The Hall–Kier alpha value is -0.630. The van der Waals surface area contributed by atoms with Crippen LogP contribution in [0, 0.1) is 11.3 Å². The summed E-state index contributed by atoms with van der Waals surface area (Å²) in [6.07, 6.45) is 3.26. The predicted molar refractivity (Wildman–Crippen MR) is 66.0 cm³/mol. The molecule has 1 aliphatic rings. The lowest BCUT2D eigenvalue weighted by atomic mass is 10.0. The van der Waals surface area contributed by atoms with Crippen molar-refractivity contribution in [1.29, 1.82) is 5.26 Å². The van der Waals surface area contributed by atoms with Crippen molar-refractivity contribution in [2.75, 3.05) is 33.2 Å². The number of nitrogens with zero attached hydrogens (tertiary/aromatic N) is 3. The van der Waals surface area contributed by atoms with Gasteiger partial charge in [0.15, 0.2) is 0 Å². The zero-order valence-electron chi connectivity index (χ0n) is 10.5. The molecule has 4 heteroatoms. The van der Waals surface area contributed by atoms with Crippen LogP contribution < -0.4 is 5.73 Å². The number of hydrogen-bond acceptors (Lipinski definition) is 4. The summed E-state index contributed by atoms with van der Waals surface area (Å²) in [4.78, 5) is 4.86. The van der Waals surface area contributed by atoms with Crippen LogP contribution in [0.1, 0.15) is 26.2 Å². The Kier molecular flexibility index (Phi) is 5.75. The monoisotopic (exact) mass is 224 g/mol. The minimum atomic E-state index is -0.307. The maximum absolute atomic E-state index is 8.62. The van der Waals surface area contributed by atoms with Crippen molar-refractivity contribution in [1.82, 2.24) is 9.80 Å². The second kappa shape index (κ2) is 6.85. The van der Waals surface area contributed by atoms with Crippen LogP contribution in [0.4, 0.5) is 0 Å². The van der Waals surface area contributed by atoms with Crippen LogP contribution in [0.2, 0.25) is 0 Å². The molecule has 0 aromatic carbocycles. The van der Waals surface area contributed by atoms with Crippen LogP contribution in [0.25, 0.3) is 0 Å². The summed E-state index contributed by atoms with van der Waals surface area (Å²) in [5.74, 6) is 0. The van der Waals surface area contributed by atoms with Crippen LogP contribution >= 0.6 is 0 Å². The molecular weight excluding hydrogens is 200 g/mol. The van der Waals surface area contributed by atoms with Crippen LogP contribution in [-0.2, 0) is 0 Å². The SMILES string of the molecule is CCN1CCC(N(C)CCC(N)C#N)CC1. The maximum atomic E-state index is 8.62. The molecule has 16 heavy (non-hydrogen) atoms. The van der Waals surface area contributed by atoms with Gasteiger partial charge in [-0.3, -0.25) is 0 Å². The Morgan fingerprint density at radius 2 is 2.12 bits per heavy atom. The second-order valence-electron chi connectivity index (χ2n) is 4.67. The minimum Gasteiger partial charge on any atom is -0.316 e. The molecule has 1 fully saturated rings. The van der Waals surface area contributed by atoms with Gasteiger partial charge in [-0.15, -0.1) is 0 Å². The van der Waals surface area contributed by atoms with Gasteiger partial charge in [0.1, 0.15) is 0 Å². The number of hydrogen-bond donors (Lipinski definition) is 1. The van der Waals surface area contributed by atoms with Gasteiger partial charge in [-0.2, -0.15) is 5.26 Å². The molecule has 0 saturated carbocycles. The first kappa shape index (κ1) is 13.4. The molecule has 0 bridgehead atoms. The minimum absolute atomic E-state index is 0.307. The smallest absolute Gasteiger partial charge is 0.0940 e. The lowest BCUT2D eigenvalue weighted by molar-refractivity contribution is 0.130. The van der Waals surface area contributed by atoms with E-state index in [9.17, 15) is 0 Å². The van der Waals surface area contributed by atoms with Gasteiger partial charge in [-0.25, -0.2) is 0 Å². The van der Waals surface area contributed by atoms with Gasteiger partial charge >= 0.3 is 0 Å². The normalized spacial score (nSPS) is 20.9. The third-order valence-corrected chi connectivity index (χ3v) is 3.59. The molecule has 0 aromatic rings.